The van der Waals surface area contributed by atoms with Crippen molar-refractivity contribution >= 4 is 11.3 Å². The lowest BCUT2D eigenvalue weighted by Gasteiger charge is -2.32. The molecule has 130 valence electrons. The van der Waals surface area contributed by atoms with Crippen LogP contribution >= 0.6 is 11.3 Å². The second-order valence-electron chi connectivity index (χ2n) is 7.18. The zero-order chi connectivity index (χ0) is 16.3. The number of aromatic nitrogens is 1. The van der Waals surface area contributed by atoms with E-state index >= 15 is 0 Å². The predicted octanol–water partition coefficient (Wildman–Crippen LogP) is 2.23. The molecule has 2 aliphatic heterocycles. The Hall–Kier alpha value is -0.530. The second-order valence-corrected chi connectivity index (χ2v) is 8.16. The molecular formula is C17H29N3O2S. The summed E-state index contributed by atoms with van der Waals surface area (Å²) >= 11 is 1.73. The molecule has 0 aromatic carbocycles. The van der Waals surface area contributed by atoms with Crippen LogP contribution in [0, 0.1) is 0 Å². The summed E-state index contributed by atoms with van der Waals surface area (Å²) < 4.78 is 12.4. The Morgan fingerprint density at radius 3 is 3.13 bits per heavy atom. The van der Waals surface area contributed by atoms with Crippen LogP contribution < -0.4 is 0 Å². The molecule has 2 saturated heterocycles. The van der Waals surface area contributed by atoms with Crippen LogP contribution in [0.1, 0.15) is 31.7 Å². The topological polar surface area (TPSA) is 37.8 Å². The quantitative estimate of drug-likeness (QED) is 0.822. The molecule has 0 bridgehead atoms. The highest BCUT2D eigenvalue weighted by molar-refractivity contribution is 7.09. The molecular weight excluding hydrogens is 310 g/mol. The van der Waals surface area contributed by atoms with Crippen molar-refractivity contribution in [3.63, 3.8) is 0 Å². The van der Waals surface area contributed by atoms with Crippen molar-refractivity contribution in [2.24, 2.45) is 0 Å². The monoisotopic (exact) mass is 339 g/mol. The fourth-order valence-electron chi connectivity index (χ4n) is 3.42. The molecule has 3 heterocycles. The van der Waals surface area contributed by atoms with Crippen molar-refractivity contribution in [1.82, 2.24) is 14.8 Å². The summed E-state index contributed by atoms with van der Waals surface area (Å²) in [6.45, 7) is 9.80. The Kier molecular flexibility index (Phi) is 5.69. The van der Waals surface area contributed by atoms with Gasteiger partial charge in [0.2, 0.25) is 0 Å². The van der Waals surface area contributed by atoms with Crippen LogP contribution in [0.2, 0.25) is 0 Å². The third kappa shape index (κ3) is 4.51. The molecule has 1 aromatic rings. The summed E-state index contributed by atoms with van der Waals surface area (Å²) in [4.78, 5) is 9.23. The van der Waals surface area contributed by atoms with E-state index in [4.69, 9.17) is 9.47 Å². The van der Waals surface area contributed by atoms with Gasteiger partial charge in [-0.2, -0.15) is 0 Å². The molecule has 6 heteroatoms. The molecule has 0 radical (unpaired) electrons. The van der Waals surface area contributed by atoms with Crippen molar-refractivity contribution < 1.29 is 9.47 Å². The molecule has 2 aliphatic rings. The number of rotatable bonds is 5. The number of likely N-dealkylation sites (N-methyl/N-ethyl adjacent to an activating group) is 1. The third-order valence-electron chi connectivity index (χ3n) is 4.98. The first kappa shape index (κ1) is 17.3. The molecule has 0 aliphatic carbocycles. The van der Waals surface area contributed by atoms with Gasteiger partial charge in [-0.15, -0.1) is 11.3 Å². The maximum absolute atomic E-state index is 6.51. The van der Waals surface area contributed by atoms with Gasteiger partial charge in [0, 0.05) is 37.3 Å². The standard InChI is InChI=1S/C17H29N3O2S/c1-14(2)19(3)10-15-4-5-17(22-15)12-20(7-8-21-13-17)11-16-18-6-9-23-16/h6,9,14-15H,4-5,7-8,10-13H2,1-3H3/t15-,17-/m0/s1. The number of thiazole rings is 1. The lowest BCUT2D eigenvalue weighted by atomic mass is 10.00. The minimum absolute atomic E-state index is 0.129. The van der Waals surface area contributed by atoms with Gasteiger partial charge in [0.25, 0.3) is 0 Å². The number of hydrogen-bond acceptors (Lipinski definition) is 6. The Labute approximate surface area is 143 Å². The molecule has 2 atom stereocenters. The smallest absolute Gasteiger partial charge is 0.107 e. The molecule has 23 heavy (non-hydrogen) atoms. The van der Waals surface area contributed by atoms with Crippen LogP contribution in [0.15, 0.2) is 11.6 Å². The Morgan fingerprint density at radius 2 is 2.39 bits per heavy atom. The minimum Gasteiger partial charge on any atom is -0.377 e. The van der Waals surface area contributed by atoms with Gasteiger partial charge in [0.05, 0.1) is 25.9 Å². The summed E-state index contributed by atoms with van der Waals surface area (Å²) in [5.41, 5.74) is -0.129. The first-order chi connectivity index (χ1) is 11.1. The van der Waals surface area contributed by atoms with E-state index in [-0.39, 0.29) is 5.60 Å². The van der Waals surface area contributed by atoms with E-state index in [0.717, 1.165) is 52.2 Å². The summed E-state index contributed by atoms with van der Waals surface area (Å²) in [5, 5.41) is 3.22. The first-order valence-electron chi connectivity index (χ1n) is 8.63. The first-order valence-corrected chi connectivity index (χ1v) is 9.51. The van der Waals surface area contributed by atoms with E-state index < -0.39 is 0 Å². The minimum atomic E-state index is -0.129. The van der Waals surface area contributed by atoms with E-state index in [0.29, 0.717) is 12.1 Å². The van der Waals surface area contributed by atoms with Crippen molar-refractivity contribution in [3.8, 4) is 0 Å². The average Bonchev–Trinajstić information content (AvgIpc) is 3.09. The Balaban J connectivity index is 1.59. The van der Waals surface area contributed by atoms with Gasteiger partial charge in [-0.05, 0) is 33.7 Å². The van der Waals surface area contributed by atoms with Crippen LogP contribution in [0.5, 0.6) is 0 Å². The molecule has 5 nitrogen and oxygen atoms in total. The number of ether oxygens (including phenoxy) is 2. The highest BCUT2D eigenvalue weighted by atomic mass is 32.1. The van der Waals surface area contributed by atoms with Crippen molar-refractivity contribution in [2.45, 2.75) is 51.0 Å². The molecule has 2 fully saturated rings. The van der Waals surface area contributed by atoms with Crippen LogP contribution in [0.4, 0.5) is 0 Å². The molecule has 1 spiro atoms. The third-order valence-corrected chi connectivity index (χ3v) is 5.75. The lowest BCUT2D eigenvalue weighted by molar-refractivity contribution is -0.0924. The number of nitrogens with zero attached hydrogens (tertiary/aromatic N) is 3. The van der Waals surface area contributed by atoms with E-state index in [1.54, 1.807) is 11.3 Å². The summed E-state index contributed by atoms with van der Waals surface area (Å²) in [5.74, 6) is 0. The fraction of sp³-hybridized carbons (Fsp3) is 0.824. The maximum Gasteiger partial charge on any atom is 0.107 e. The zero-order valence-corrected chi connectivity index (χ0v) is 15.3. The van der Waals surface area contributed by atoms with E-state index in [1.165, 1.54) is 5.01 Å². The van der Waals surface area contributed by atoms with E-state index in [2.05, 4.69) is 35.7 Å². The van der Waals surface area contributed by atoms with Gasteiger partial charge in [-0.3, -0.25) is 4.90 Å². The fourth-order valence-corrected chi connectivity index (χ4v) is 4.08. The van der Waals surface area contributed by atoms with E-state index in [9.17, 15) is 0 Å². The summed E-state index contributed by atoms with van der Waals surface area (Å²) in [7, 11) is 2.18. The summed E-state index contributed by atoms with van der Waals surface area (Å²) in [6, 6.07) is 0.557. The normalized spacial score (nSPS) is 29.7. The van der Waals surface area contributed by atoms with Gasteiger partial charge >= 0.3 is 0 Å². The van der Waals surface area contributed by atoms with Crippen LogP contribution in [0.3, 0.4) is 0 Å². The van der Waals surface area contributed by atoms with E-state index in [1.807, 2.05) is 11.6 Å². The molecule has 0 unspecified atom stereocenters. The molecule has 0 saturated carbocycles. The molecule has 0 N–H and O–H groups in total. The van der Waals surface area contributed by atoms with Gasteiger partial charge in [-0.1, -0.05) is 0 Å². The molecule has 1 aromatic heterocycles. The lowest BCUT2D eigenvalue weighted by Crippen LogP contribution is -2.45. The largest absolute Gasteiger partial charge is 0.377 e. The molecule has 0 amide bonds. The number of hydrogen-bond donors (Lipinski definition) is 0. The Bertz CT molecular complexity index is 482. The van der Waals surface area contributed by atoms with Crippen molar-refractivity contribution in [1.29, 1.82) is 0 Å². The second kappa shape index (κ2) is 7.57. The maximum atomic E-state index is 6.51. The summed E-state index contributed by atoms with van der Waals surface area (Å²) in [6.07, 6.45) is 4.43. The highest BCUT2D eigenvalue weighted by Crippen LogP contribution is 2.34. The SMILES string of the molecule is CC(C)N(C)C[C@@H]1CC[C@]2(COCCN(Cc3nccs3)C2)O1. The van der Waals surface area contributed by atoms with Crippen LogP contribution in [-0.2, 0) is 16.0 Å². The van der Waals surface area contributed by atoms with Gasteiger partial charge in [0.15, 0.2) is 0 Å². The predicted molar refractivity (Wildman–Crippen MR) is 92.8 cm³/mol. The van der Waals surface area contributed by atoms with Gasteiger partial charge < -0.3 is 14.4 Å². The van der Waals surface area contributed by atoms with Gasteiger partial charge in [0.1, 0.15) is 10.6 Å². The zero-order valence-electron chi connectivity index (χ0n) is 14.5. The molecule has 3 rings (SSSR count). The van der Waals surface area contributed by atoms with Crippen LogP contribution in [-0.4, -0.2) is 72.4 Å². The van der Waals surface area contributed by atoms with Crippen LogP contribution in [0.25, 0.3) is 0 Å². The Morgan fingerprint density at radius 1 is 1.52 bits per heavy atom. The highest BCUT2D eigenvalue weighted by Gasteiger charge is 2.43. The van der Waals surface area contributed by atoms with Gasteiger partial charge in [-0.25, -0.2) is 4.98 Å². The average molecular weight is 340 g/mol. The van der Waals surface area contributed by atoms with Crippen molar-refractivity contribution in [3.05, 3.63) is 16.6 Å². The van der Waals surface area contributed by atoms with Crippen molar-refractivity contribution in [2.75, 3.05) is 39.9 Å².